The van der Waals surface area contributed by atoms with Crippen LogP contribution in [0.1, 0.15) is 51.9 Å². The zero-order chi connectivity index (χ0) is 15.3. The SMILES string of the molecule is CCCS(=O)(=O)c1c(N)nsc1NCCC1CCCCC1. The van der Waals surface area contributed by atoms with Crippen molar-refractivity contribution in [3.63, 3.8) is 0 Å². The summed E-state index contributed by atoms with van der Waals surface area (Å²) in [6, 6.07) is 0. The Morgan fingerprint density at radius 2 is 2.05 bits per heavy atom. The highest BCUT2D eigenvalue weighted by atomic mass is 32.2. The average molecular weight is 332 g/mol. The van der Waals surface area contributed by atoms with Crippen molar-refractivity contribution in [2.24, 2.45) is 5.92 Å². The molecule has 1 aromatic heterocycles. The lowest BCUT2D eigenvalue weighted by Crippen LogP contribution is -2.14. The largest absolute Gasteiger partial charge is 0.382 e. The Labute approximate surface area is 131 Å². The molecule has 0 atom stereocenters. The molecule has 7 heteroatoms. The second kappa shape index (κ2) is 7.45. The van der Waals surface area contributed by atoms with Crippen LogP contribution < -0.4 is 11.1 Å². The Morgan fingerprint density at radius 3 is 2.71 bits per heavy atom. The third-order valence-corrected chi connectivity index (χ3v) is 6.95. The van der Waals surface area contributed by atoms with E-state index in [0.717, 1.165) is 30.4 Å². The van der Waals surface area contributed by atoms with Crippen LogP contribution in [0, 0.1) is 5.92 Å². The van der Waals surface area contributed by atoms with E-state index in [1.807, 2.05) is 6.92 Å². The molecule has 0 radical (unpaired) electrons. The molecule has 0 amide bonds. The Kier molecular flexibility index (Phi) is 5.87. The first kappa shape index (κ1) is 16.5. The smallest absolute Gasteiger partial charge is 0.185 e. The normalized spacial score (nSPS) is 17.0. The molecule has 2 rings (SSSR count). The predicted molar refractivity (Wildman–Crippen MR) is 88.6 cm³/mol. The molecule has 5 nitrogen and oxygen atoms in total. The van der Waals surface area contributed by atoms with Crippen molar-refractivity contribution in [3.05, 3.63) is 0 Å². The number of nitrogen functional groups attached to an aromatic ring is 1. The minimum Gasteiger partial charge on any atom is -0.382 e. The van der Waals surface area contributed by atoms with Gasteiger partial charge in [0.25, 0.3) is 0 Å². The molecule has 120 valence electrons. The summed E-state index contributed by atoms with van der Waals surface area (Å²) in [6.07, 6.45) is 8.28. The second-order valence-electron chi connectivity index (χ2n) is 5.76. The summed E-state index contributed by atoms with van der Waals surface area (Å²) in [6.45, 7) is 2.64. The van der Waals surface area contributed by atoms with Crippen molar-refractivity contribution in [1.82, 2.24) is 4.37 Å². The van der Waals surface area contributed by atoms with E-state index in [9.17, 15) is 8.42 Å². The van der Waals surface area contributed by atoms with Gasteiger partial charge < -0.3 is 11.1 Å². The van der Waals surface area contributed by atoms with Gasteiger partial charge in [-0.3, -0.25) is 0 Å². The maximum Gasteiger partial charge on any atom is 0.185 e. The second-order valence-corrected chi connectivity index (χ2v) is 8.58. The molecule has 1 aliphatic rings. The van der Waals surface area contributed by atoms with Gasteiger partial charge in [0, 0.05) is 6.54 Å². The summed E-state index contributed by atoms with van der Waals surface area (Å²) < 4.78 is 28.5. The van der Waals surface area contributed by atoms with Crippen molar-refractivity contribution >= 4 is 32.2 Å². The van der Waals surface area contributed by atoms with Crippen LogP contribution in [0.2, 0.25) is 0 Å². The van der Waals surface area contributed by atoms with Crippen LogP contribution >= 0.6 is 11.5 Å². The highest BCUT2D eigenvalue weighted by Crippen LogP contribution is 2.33. The van der Waals surface area contributed by atoms with Gasteiger partial charge in [0.2, 0.25) is 0 Å². The van der Waals surface area contributed by atoms with Crippen LogP contribution in [0.5, 0.6) is 0 Å². The fraction of sp³-hybridized carbons (Fsp3) is 0.786. The van der Waals surface area contributed by atoms with Gasteiger partial charge in [-0.2, -0.15) is 4.37 Å². The molecule has 0 spiro atoms. The Morgan fingerprint density at radius 1 is 1.33 bits per heavy atom. The van der Waals surface area contributed by atoms with E-state index in [2.05, 4.69) is 9.69 Å². The maximum absolute atomic E-state index is 12.2. The topological polar surface area (TPSA) is 85.1 Å². The summed E-state index contributed by atoms with van der Waals surface area (Å²) >= 11 is 1.15. The molecule has 1 heterocycles. The third-order valence-electron chi connectivity index (χ3n) is 4.02. The number of aromatic nitrogens is 1. The lowest BCUT2D eigenvalue weighted by molar-refractivity contribution is 0.345. The van der Waals surface area contributed by atoms with Gasteiger partial charge in [-0.05, 0) is 30.3 Å². The van der Waals surface area contributed by atoms with Crippen LogP contribution in [0.3, 0.4) is 0 Å². The van der Waals surface area contributed by atoms with Crippen LogP contribution in [0.25, 0.3) is 0 Å². The number of sulfone groups is 1. The van der Waals surface area contributed by atoms with E-state index in [4.69, 9.17) is 5.73 Å². The van der Waals surface area contributed by atoms with Crippen molar-refractivity contribution in [3.8, 4) is 0 Å². The molecule has 0 unspecified atom stereocenters. The molecular formula is C14H25N3O2S2. The fourth-order valence-electron chi connectivity index (χ4n) is 2.94. The van der Waals surface area contributed by atoms with Gasteiger partial charge in [0.15, 0.2) is 15.7 Å². The third kappa shape index (κ3) is 4.32. The number of rotatable bonds is 7. The lowest BCUT2D eigenvalue weighted by Gasteiger charge is -2.21. The minimum atomic E-state index is -3.32. The van der Waals surface area contributed by atoms with E-state index in [0.29, 0.717) is 11.4 Å². The van der Waals surface area contributed by atoms with E-state index >= 15 is 0 Å². The molecule has 0 aromatic carbocycles. The van der Waals surface area contributed by atoms with Gasteiger partial charge in [-0.15, -0.1) is 0 Å². The number of nitrogens with two attached hydrogens (primary N) is 1. The van der Waals surface area contributed by atoms with Crippen LogP contribution in [-0.4, -0.2) is 25.1 Å². The number of hydrogen-bond donors (Lipinski definition) is 2. The number of nitrogens with one attached hydrogen (secondary N) is 1. The van der Waals surface area contributed by atoms with Crippen LogP contribution in [-0.2, 0) is 9.84 Å². The molecule has 1 aromatic rings. The summed E-state index contributed by atoms with van der Waals surface area (Å²) in [4.78, 5) is 0.206. The summed E-state index contributed by atoms with van der Waals surface area (Å²) in [7, 11) is -3.32. The first-order valence-electron chi connectivity index (χ1n) is 7.76. The Hall–Kier alpha value is -0.820. The maximum atomic E-state index is 12.2. The average Bonchev–Trinajstić information content (AvgIpc) is 2.82. The Balaban J connectivity index is 1.97. The zero-order valence-electron chi connectivity index (χ0n) is 12.6. The van der Waals surface area contributed by atoms with Gasteiger partial charge in [-0.25, -0.2) is 8.42 Å². The highest BCUT2D eigenvalue weighted by Gasteiger charge is 2.24. The molecule has 0 bridgehead atoms. The van der Waals surface area contributed by atoms with Crippen molar-refractivity contribution in [2.45, 2.75) is 56.8 Å². The predicted octanol–water partition coefficient (Wildman–Crippen LogP) is 3.29. The highest BCUT2D eigenvalue weighted by molar-refractivity contribution is 7.91. The number of anilines is 2. The molecule has 1 saturated carbocycles. The molecule has 21 heavy (non-hydrogen) atoms. The first-order chi connectivity index (χ1) is 10.0. The van der Waals surface area contributed by atoms with Gasteiger partial charge in [0.1, 0.15) is 9.90 Å². The van der Waals surface area contributed by atoms with E-state index in [-0.39, 0.29) is 16.5 Å². The van der Waals surface area contributed by atoms with E-state index in [1.54, 1.807) is 0 Å². The van der Waals surface area contributed by atoms with Gasteiger partial charge >= 0.3 is 0 Å². The summed E-state index contributed by atoms with van der Waals surface area (Å²) in [5.41, 5.74) is 5.75. The van der Waals surface area contributed by atoms with Crippen LogP contribution in [0.15, 0.2) is 4.90 Å². The molecular weight excluding hydrogens is 306 g/mol. The fourth-order valence-corrected chi connectivity index (χ4v) is 5.59. The molecule has 0 saturated heterocycles. The van der Waals surface area contributed by atoms with E-state index in [1.165, 1.54) is 32.1 Å². The van der Waals surface area contributed by atoms with Crippen LogP contribution in [0.4, 0.5) is 10.8 Å². The minimum absolute atomic E-state index is 0.118. The monoisotopic (exact) mass is 331 g/mol. The summed E-state index contributed by atoms with van der Waals surface area (Å²) in [5.74, 6) is 1.02. The van der Waals surface area contributed by atoms with Crippen molar-refractivity contribution in [2.75, 3.05) is 23.3 Å². The quantitative estimate of drug-likeness (QED) is 0.801. The molecule has 1 fully saturated rings. The van der Waals surface area contributed by atoms with E-state index < -0.39 is 9.84 Å². The van der Waals surface area contributed by atoms with Gasteiger partial charge in [0.05, 0.1) is 5.75 Å². The molecule has 0 aliphatic heterocycles. The molecule has 3 N–H and O–H groups in total. The summed E-state index contributed by atoms with van der Waals surface area (Å²) in [5, 5.41) is 3.85. The van der Waals surface area contributed by atoms with Crippen molar-refractivity contribution < 1.29 is 8.42 Å². The number of nitrogens with zero attached hydrogens (tertiary/aromatic N) is 1. The zero-order valence-corrected chi connectivity index (χ0v) is 14.2. The molecule has 1 aliphatic carbocycles. The number of hydrogen-bond acceptors (Lipinski definition) is 6. The van der Waals surface area contributed by atoms with Gasteiger partial charge in [-0.1, -0.05) is 39.0 Å². The standard InChI is InChI=1S/C14H25N3O2S2/c1-2-10-21(18,19)12-13(15)17-20-14(12)16-9-8-11-6-4-3-5-7-11/h11,16H,2-10H2,1H3,(H2,15,17). The lowest BCUT2D eigenvalue weighted by atomic mass is 9.87. The van der Waals surface area contributed by atoms with Crippen molar-refractivity contribution in [1.29, 1.82) is 0 Å². The first-order valence-corrected chi connectivity index (χ1v) is 10.2. The Bertz CT molecular complexity index is 549.